The average molecular weight is 261 g/mol. The molecule has 2 N–H and O–H groups in total. The van der Waals surface area contributed by atoms with Gasteiger partial charge in [-0.15, -0.1) is 0 Å². The highest BCUT2D eigenvalue weighted by molar-refractivity contribution is 7.99. The first-order valence-electron chi connectivity index (χ1n) is 5.64. The summed E-state index contributed by atoms with van der Waals surface area (Å²) in [6, 6.07) is 8.00. The molecule has 0 bridgehead atoms. The summed E-state index contributed by atoms with van der Waals surface area (Å²) in [6.07, 6.45) is 3.22. The maximum atomic E-state index is 5.70. The zero-order valence-corrected chi connectivity index (χ0v) is 11.0. The van der Waals surface area contributed by atoms with Crippen LogP contribution in [0.2, 0.25) is 0 Å². The van der Waals surface area contributed by atoms with E-state index in [0.717, 1.165) is 16.5 Å². The smallest absolute Gasteiger partial charge is 0.156 e. The molecular formula is C13H15N3OS. The van der Waals surface area contributed by atoms with Gasteiger partial charge in [-0.3, -0.25) is 0 Å². The molecule has 4 nitrogen and oxygen atoms in total. The average Bonchev–Trinajstić information content (AvgIpc) is 2.39. The number of aryl methyl sites for hydroxylation is 1. The van der Waals surface area contributed by atoms with Gasteiger partial charge in [-0.25, -0.2) is 9.97 Å². The zero-order valence-electron chi connectivity index (χ0n) is 10.2. The number of ether oxygens (including phenoxy) is 1. The van der Waals surface area contributed by atoms with Crippen molar-refractivity contribution in [3.63, 3.8) is 0 Å². The van der Waals surface area contributed by atoms with Gasteiger partial charge in [-0.1, -0.05) is 29.5 Å². The molecule has 1 heterocycles. The van der Waals surface area contributed by atoms with Crippen molar-refractivity contribution in [2.45, 2.75) is 11.9 Å². The van der Waals surface area contributed by atoms with Gasteiger partial charge < -0.3 is 10.5 Å². The molecule has 94 valence electrons. The Hall–Kier alpha value is -1.75. The van der Waals surface area contributed by atoms with E-state index in [4.69, 9.17) is 10.5 Å². The Morgan fingerprint density at radius 2 is 1.89 bits per heavy atom. The number of hydrogen-bond donors (Lipinski definition) is 1. The molecule has 0 saturated heterocycles. The van der Waals surface area contributed by atoms with E-state index in [-0.39, 0.29) is 0 Å². The lowest BCUT2D eigenvalue weighted by Gasteiger charge is -2.06. The van der Waals surface area contributed by atoms with Crippen LogP contribution >= 0.6 is 11.8 Å². The van der Waals surface area contributed by atoms with E-state index >= 15 is 0 Å². The van der Waals surface area contributed by atoms with Crippen molar-refractivity contribution in [3.8, 4) is 5.75 Å². The van der Waals surface area contributed by atoms with Gasteiger partial charge in [-0.2, -0.15) is 0 Å². The van der Waals surface area contributed by atoms with Gasteiger partial charge >= 0.3 is 0 Å². The molecule has 18 heavy (non-hydrogen) atoms. The van der Waals surface area contributed by atoms with E-state index in [2.05, 4.69) is 16.9 Å². The Bertz CT molecular complexity index is 502. The number of benzene rings is 1. The summed E-state index contributed by atoms with van der Waals surface area (Å²) in [6.45, 7) is 2.67. The third-order valence-corrected chi connectivity index (χ3v) is 3.26. The zero-order chi connectivity index (χ0) is 12.8. The molecule has 0 amide bonds. The highest BCUT2D eigenvalue weighted by atomic mass is 32.2. The topological polar surface area (TPSA) is 61.0 Å². The summed E-state index contributed by atoms with van der Waals surface area (Å²) in [4.78, 5) is 8.13. The van der Waals surface area contributed by atoms with E-state index in [1.54, 1.807) is 24.2 Å². The highest BCUT2D eigenvalue weighted by Crippen LogP contribution is 2.19. The van der Waals surface area contributed by atoms with Crippen LogP contribution < -0.4 is 10.5 Å². The summed E-state index contributed by atoms with van der Waals surface area (Å²) in [7, 11) is 0. The van der Waals surface area contributed by atoms with E-state index in [1.807, 2.05) is 24.3 Å². The number of anilines is 1. The van der Waals surface area contributed by atoms with Crippen LogP contribution in [0.25, 0.3) is 0 Å². The molecule has 0 fully saturated rings. The van der Waals surface area contributed by atoms with Crippen molar-refractivity contribution < 1.29 is 4.74 Å². The third-order valence-electron chi connectivity index (χ3n) is 2.30. The Balaban J connectivity index is 1.76. The van der Waals surface area contributed by atoms with Crippen molar-refractivity contribution in [1.29, 1.82) is 0 Å². The minimum Gasteiger partial charge on any atom is -0.493 e. The van der Waals surface area contributed by atoms with Gasteiger partial charge in [0.1, 0.15) is 10.8 Å². The fourth-order valence-electron chi connectivity index (χ4n) is 1.38. The van der Waals surface area contributed by atoms with Gasteiger partial charge in [0.2, 0.25) is 0 Å². The number of nitrogens with two attached hydrogens (primary N) is 1. The molecule has 1 aromatic heterocycles. The van der Waals surface area contributed by atoms with Crippen molar-refractivity contribution in [3.05, 3.63) is 42.2 Å². The van der Waals surface area contributed by atoms with Gasteiger partial charge in [-0.05, 0) is 19.1 Å². The van der Waals surface area contributed by atoms with Gasteiger partial charge in [0.15, 0.2) is 5.82 Å². The third kappa shape index (κ3) is 3.63. The molecule has 0 unspecified atom stereocenters. The van der Waals surface area contributed by atoms with Crippen molar-refractivity contribution in [2.75, 3.05) is 18.1 Å². The maximum absolute atomic E-state index is 5.70. The lowest BCUT2D eigenvalue weighted by Crippen LogP contribution is -2.02. The Morgan fingerprint density at radius 1 is 1.17 bits per heavy atom. The maximum Gasteiger partial charge on any atom is 0.156 e. The number of aromatic nitrogens is 2. The lowest BCUT2D eigenvalue weighted by atomic mass is 10.2. The first-order valence-corrected chi connectivity index (χ1v) is 6.63. The van der Waals surface area contributed by atoms with Crippen LogP contribution in [0.3, 0.4) is 0 Å². The predicted molar refractivity (Wildman–Crippen MR) is 73.8 cm³/mol. The van der Waals surface area contributed by atoms with E-state index < -0.39 is 0 Å². The van der Waals surface area contributed by atoms with Crippen LogP contribution in [0, 0.1) is 6.92 Å². The monoisotopic (exact) mass is 261 g/mol. The minimum atomic E-state index is 0.470. The van der Waals surface area contributed by atoms with Crippen LogP contribution in [0.1, 0.15) is 5.56 Å². The molecule has 0 spiro atoms. The summed E-state index contributed by atoms with van der Waals surface area (Å²) in [5.41, 5.74) is 6.92. The molecule has 0 aliphatic heterocycles. The standard InChI is InChI=1S/C13H15N3OS/c1-10-2-4-11(5-3-10)17-8-9-18-13-12(14)15-6-7-16-13/h2-7H,8-9H2,1H3,(H2,14,15). The van der Waals surface area contributed by atoms with Gasteiger partial charge in [0.25, 0.3) is 0 Å². The SMILES string of the molecule is Cc1ccc(OCCSc2nccnc2N)cc1. The molecule has 0 aliphatic carbocycles. The predicted octanol–water partition coefficient (Wildman–Crippen LogP) is 2.54. The number of nitrogen functional groups attached to an aromatic ring is 1. The number of nitrogens with zero attached hydrogens (tertiary/aromatic N) is 2. The molecule has 0 aliphatic rings. The van der Waals surface area contributed by atoms with E-state index in [0.29, 0.717) is 12.4 Å². The number of hydrogen-bond acceptors (Lipinski definition) is 5. The second kappa shape index (κ2) is 6.26. The minimum absolute atomic E-state index is 0.470. The summed E-state index contributed by atoms with van der Waals surface area (Å²) >= 11 is 1.55. The van der Waals surface area contributed by atoms with Crippen molar-refractivity contribution in [2.24, 2.45) is 0 Å². The second-order valence-electron chi connectivity index (χ2n) is 3.76. The Kier molecular flexibility index (Phi) is 4.41. The lowest BCUT2D eigenvalue weighted by molar-refractivity contribution is 0.344. The summed E-state index contributed by atoms with van der Waals surface area (Å²) < 4.78 is 5.61. The molecule has 0 radical (unpaired) electrons. The molecule has 1 aromatic carbocycles. The van der Waals surface area contributed by atoms with E-state index in [9.17, 15) is 0 Å². The number of thioether (sulfide) groups is 1. The molecule has 2 rings (SSSR count). The normalized spacial score (nSPS) is 10.3. The first-order chi connectivity index (χ1) is 8.75. The summed E-state index contributed by atoms with van der Waals surface area (Å²) in [5.74, 6) is 2.14. The molecule has 0 atom stereocenters. The first kappa shape index (κ1) is 12.7. The largest absolute Gasteiger partial charge is 0.493 e. The van der Waals surface area contributed by atoms with Crippen molar-refractivity contribution in [1.82, 2.24) is 9.97 Å². The fraction of sp³-hybridized carbons (Fsp3) is 0.231. The Labute approximate surface area is 111 Å². The Morgan fingerprint density at radius 3 is 2.61 bits per heavy atom. The van der Waals surface area contributed by atoms with Crippen LogP contribution in [-0.4, -0.2) is 22.3 Å². The van der Waals surface area contributed by atoms with Crippen LogP contribution in [-0.2, 0) is 0 Å². The molecular weight excluding hydrogens is 246 g/mol. The molecule has 5 heteroatoms. The fourth-order valence-corrected chi connectivity index (χ4v) is 2.08. The molecule has 0 saturated carbocycles. The number of rotatable bonds is 5. The van der Waals surface area contributed by atoms with Gasteiger partial charge in [0.05, 0.1) is 6.61 Å². The van der Waals surface area contributed by atoms with Crippen LogP contribution in [0.5, 0.6) is 5.75 Å². The quantitative estimate of drug-likeness (QED) is 0.662. The highest BCUT2D eigenvalue weighted by Gasteiger charge is 2.01. The van der Waals surface area contributed by atoms with E-state index in [1.165, 1.54) is 5.56 Å². The van der Waals surface area contributed by atoms with Crippen LogP contribution in [0.15, 0.2) is 41.7 Å². The summed E-state index contributed by atoms with van der Waals surface area (Å²) in [5, 5.41) is 0.755. The van der Waals surface area contributed by atoms with Crippen molar-refractivity contribution >= 4 is 17.6 Å². The van der Waals surface area contributed by atoms with Crippen LogP contribution in [0.4, 0.5) is 5.82 Å². The molecule has 2 aromatic rings. The second-order valence-corrected chi connectivity index (χ2v) is 4.84. The van der Waals surface area contributed by atoms with Gasteiger partial charge in [0, 0.05) is 18.1 Å².